The summed E-state index contributed by atoms with van der Waals surface area (Å²) in [6.07, 6.45) is 6.70. The van der Waals surface area contributed by atoms with E-state index in [9.17, 15) is 4.79 Å². The Labute approximate surface area is 132 Å². The number of fused-ring (bicyclic) bond motifs is 1. The summed E-state index contributed by atoms with van der Waals surface area (Å²) in [5.74, 6) is 0.0124. The van der Waals surface area contributed by atoms with Crippen LogP contribution in [0.15, 0.2) is 55.1 Å². The Bertz CT molecular complexity index is 842. The van der Waals surface area contributed by atoms with Crippen LogP contribution < -0.4 is 5.73 Å². The molecule has 0 radical (unpaired) electrons. The molecule has 2 aromatic heterocycles. The van der Waals surface area contributed by atoms with E-state index in [1.165, 1.54) is 6.33 Å². The standard InChI is InChI=1S/C16H15N5O2/c17-14-13-15(19-10-18-14)21(11-20-13)8-4-5-9-23-16(22)12-6-2-1-3-7-12/h1-7,10-11H,8-9H2,(H2,17,18,19)/b5-4-. The number of carbonyl (C=O) groups is 1. The largest absolute Gasteiger partial charge is 0.458 e. The lowest BCUT2D eigenvalue weighted by Crippen LogP contribution is -2.04. The van der Waals surface area contributed by atoms with Crippen molar-refractivity contribution in [1.82, 2.24) is 19.5 Å². The fourth-order valence-electron chi connectivity index (χ4n) is 2.07. The highest BCUT2D eigenvalue weighted by molar-refractivity contribution is 5.89. The lowest BCUT2D eigenvalue weighted by molar-refractivity contribution is 0.0549. The van der Waals surface area contributed by atoms with Gasteiger partial charge in [-0.3, -0.25) is 0 Å². The highest BCUT2D eigenvalue weighted by atomic mass is 16.5. The first-order valence-electron chi connectivity index (χ1n) is 7.04. The predicted octanol–water partition coefficient (Wildman–Crippen LogP) is 1.82. The molecule has 3 aromatic rings. The molecule has 0 amide bonds. The van der Waals surface area contributed by atoms with Gasteiger partial charge in [0.1, 0.15) is 18.5 Å². The predicted molar refractivity (Wildman–Crippen MR) is 85.6 cm³/mol. The van der Waals surface area contributed by atoms with Crippen LogP contribution in [-0.2, 0) is 11.3 Å². The number of esters is 1. The van der Waals surface area contributed by atoms with Gasteiger partial charge in [-0.05, 0) is 18.2 Å². The molecule has 7 nitrogen and oxygen atoms in total. The van der Waals surface area contributed by atoms with Crippen LogP contribution in [0.1, 0.15) is 10.4 Å². The van der Waals surface area contributed by atoms with Gasteiger partial charge in [0.2, 0.25) is 0 Å². The van der Waals surface area contributed by atoms with Crippen molar-refractivity contribution in [1.29, 1.82) is 0 Å². The van der Waals surface area contributed by atoms with Crippen LogP contribution in [0.2, 0.25) is 0 Å². The van der Waals surface area contributed by atoms with Gasteiger partial charge in [0.25, 0.3) is 0 Å². The summed E-state index contributed by atoms with van der Waals surface area (Å²) in [7, 11) is 0. The van der Waals surface area contributed by atoms with Gasteiger partial charge in [0.05, 0.1) is 11.9 Å². The number of hydrogen-bond acceptors (Lipinski definition) is 6. The van der Waals surface area contributed by atoms with Crippen molar-refractivity contribution in [2.45, 2.75) is 6.54 Å². The van der Waals surface area contributed by atoms with Gasteiger partial charge in [-0.25, -0.2) is 19.7 Å². The normalized spacial score (nSPS) is 11.1. The van der Waals surface area contributed by atoms with E-state index < -0.39 is 0 Å². The maximum absolute atomic E-state index is 11.7. The van der Waals surface area contributed by atoms with E-state index >= 15 is 0 Å². The van der Waals surface area contributed by atoms with E-state index in [0.717, 1.165) is 0 Å². The Balaban J connectivity index is 1.55. The fourth-order valence-corrected chi connectivity index (χ4v) is 2.07. The number of anilines is 1. The molecule has 0 bridgehead atoms. The molecule has 0 atom stereocenters. The summed E-state index contributed by atoms with van der Waals surface area (Å²) in [5, 5.41) is 0. The van der Waals surface area contributed by atoms with Crippen molar-refractivity contribution >= 4 is 23.0 Å². The average Bonchev–Trinajstić information content (AvgIpc) is 3.00. The quantitative estimate of drug-likeness (QED) is 0.570. The number of nitrogens with zero attached hydrogens (tertiary/aromatic N) is 4. The summed E-state index contributed by atoms with van der Waals surface area (Å²) in [6, 6.07) is 8.87. The number of nitrogens with two attached hydrogens (primary N) is 1. The number of hydrogen-bond donors (Lipinski definition) is 1. The Morgan fingerprint density at radius 1 is 1.17 bits per heavy atom. The van der Waals surface area contributed by atoms with Gasteiger partial charge >= 0.3 is 5.97 Å². The molecule has 0 unspecified atom stereocenters. The van der Waals surface area contributed by atoms with E-state index in [-0.39, 0.29) is 12.6 Å². The molecule has 2 heterocycles. The van der Waals surface area contributed by atoms with Gasteiger partial charge in [-0.15, -0.1) is 0 Å². The number of imidazole rings is 1. The Kier molecular flexibility index (Phi) is 4.28. The van der Waals surface area contributed by atoms with E-state index in [1.807, 2.05) is 16.7 Å². The molecule has 1 aromatic carbocycles. The summed E-state index contributed by atoms with van der Waals surface area (Å²) < 4.78 is 6.99. The highest BCUT2D eigenvalue weighted by Crippen LogP contribution is 2.13. The van der Waals surface area contributed by atoms with Crippen molar-refractivity contribution in [3.05, 3.63) is 60.7 Å². The molecule has 23 heavy (non-hydrogen) atoms. The molecule has 7 heteroatoms. The molecule has 3 rings (SSSR count). The van der Waals surface area contributed by atoms with E-state index in [4.69, 9.17) is 10.5 Å². The zero-order chi connectivity index (χ0) is 16.1. The first kappa shape index (κ1) is 14.7. The third kappa shape index (κ3) is 3.34. The van der Waals surface area contributed by atoms with Crippen LogP contribution in [0.3, 0.4) is 0 Å². The van der Waals surface area contributed by atoms with Gasteiger partial charge < -0.3 is 15.0 Å². The zero-order valence-electron chi connectivity index (χ0n) is 12.3. The second kappa shape index (κ2) is 6.69. The monoisotopic (exact) mass is 309 g/mol. The number of aromatic nitrogens is 4. The molecule has 0 aliphatic heterocycles. The van der Waals surface area contributed by atoms with Crippen LogP contribution >= 0.6 is 0 Å². The second-order valence-corrected chi connectivity index (χ2v) is 4.76. The van der Waals surface area contributed by atoms with Crippen molar-refractivity contribution < 1.29 is 9.53 Å². The second-order valence-electron chi connectivity index (χ2n) is 4.76. The smallest absolute Gasteiger partial charge is 0.338 e. The number of benzene rings is 1. The third-order valence-corrected chi connectivity index (χ3v) is 3.22. The van der Waals surface area contributed by atoms with Crippen molar-refractivity contribution in [3.8, 4) is 0 Å². The average molecular weight is 309 g/mol. The zero-order valence-corrected chi connectivity index (χ0v) is 12.3. The number of allylic oxidation sites excluding steroid dienone is 1. The molecule has 0 spiro atoms. The number of ether oxygens (including phenoxy) is 1. The number of nitrogen functional groups attached to an aromatic ring is 1. The first-order valence-corrected chi connectivity index (χ1v) is 7.04. The maximum atomic E-state index is 11.7. The molecule has 2 N–H and O–H groups in total. The minimum absolute atomic E-state index is 0.206. The molecular weight excluding hydrogens is 294 g/mol. The van der Waals surface area contributed by atoms with E-state index in [1.54, 1.807) is 36.7 Å². The number of carbonyl (C=O) groups excluding carboxylic acids is 1. The van der Waals surface area contributed by atoms with Crippen LogP contribution in [0.4, 0.5) is 5.82 Å². The molecule has 0 aliphatic carbocycles. The Hall–Kier alpha value is -3.22. The summed E-state index contributed by atoms with van der Waals surface area (Å²) in [5.41, 5.74) is 7.52. The van der Waals surface area contributed by atoms with Crippen LogP contribution in [0.5, 0.6) is 0 Å². The van der Waals surface area contributed by atoms with E-state index in [2.05, 4.69) is 15.0 Å². The SMILES string of the molecule is Nc1ncnc2c1ncn2C/C=C\COC(=O)c1ccccc1. The van der Waals surface area contributed by atoms with Gasteiger partial charge in [-0.1, -0.05) is 24.3 Å². The summed E-state index contributed by atoms with van der Waals surface area (Å²) >= 11 is 0. The van der Waals surface area contributed by atoms with Crippen LogP contribution in [0.25, 0.3) is 11.2 Å². The van der Waals surface area contributed by atoms with Crippen molar-refractivity contribution in [2.24, 2.45) is 0 Å². The molecule has 0 aliphatic rings. The fraction of sp³-hybridized carbons (Fsp3) is 0.125. The van der Waals surface area contributed by atoms with Crippen LogP contribution in [-0.4, -0.2) is 32.1 Å². The lowest BCUT2D eigenvalue weighted by atomic mass is 10.2. The molecule has 0 saturated carbocycles. The highest BCUT2D eigenvalue weighted by Gasteiger charge is 2.06. The molecule has 0 saturated heterocycles. The summed E-state index contributed by atoms with van der Waals surface area (Å²) in [4.78, 5) is 24.0. The minimum atomic E-state index is -0.344. The van der Waals surface area contributed by atoms with Gasteiger partial charge in [-0.2, -0.15) is 0 Å². The maximum Gasteiger partial charge on any atom is 0.338 e. The van der Waals surface area contributed by atoms with Gasteiger partial charge in [0.15, 0.2) is 11.5 Å². The Morgan fingerprint density at radius 2 is 2.00 bits per heavy atom. The van der Waals surface area contributed by atoms with Gasteiger partial charge in [0, 0.05) is 6.54 Å². The van der Waals surface area contributed by atoms with Crippen molar-refractivity contribution in [3.63, 3.8) is 0 Å². The van der Waals surface area contributed by atoms with Crippen LogP contribution in [0, 0.1) is 0 Å². The topological polar surface area (TPSA) is 95.9 Å². The first-order chi connectivity index (χ1) is 11.3. The van der Waals surface area contributed by atoms with Crippen molar-refractivity contribution in [2.75, 3.05) is 12.3 Å². The third-order valence-electron chi connectivity index (χ3n) is 3.22. The minimum Gasteiger partial charge on any atom is -0.458 e. The summed E-state index contributed by atoms with van der Waals surface area (Å²) in [6.45, 7) is 0.757. The Morgan fingerprint density at radius 3 is 2.83 bits per heavy atom. The van der Waals surface area contributed by atoms with E-state index in [0.29, 0.717) is 29.1 Å². The number of rotatable bonds is 5. The molecule has 116 valence electrons. The molecular formula is C16H15N5O2. The molecule has 0 fully saturated rings. The lowest BCUT2D eigenvalue weighted by Gasteiger charge is -2.02.